The van der Waals surface area contributed by atoms with E-state index < -0.39 is 0 Å². The van der Waals surface area contributed by atoms with Crippen molar-refractivity contribution < 1.29 is 4.79 Å². The van der Waals surface area contributed by atoms with E-state index in [1.807, 2.05) is 0 Å². The van der Waals surface area contributed by atoms with Crippen LogP contribution in [0.15, 0.2) is 0 Å². The highest BCUT2D eigenvalue weighted by Gasteiger charge is 2.07. The summed E-state index contributed by atoms with van der Waals surface area (Å²) in [5, 5.41) is 2.76. The van der Waals surface area contributed by atoms with Crippen molar-refractivity contribution >= 4 is 5.91 Å². The van der Waals surface area contributed by atoms with Crippen molar-refractivity contribution in [1.29, 1.82) is 0 Å². The van der Waals surface area contributed by atoms with Gasteiger partial charge in [-0.1, -0.05) is 0 Å². The summed E-state index contributed by atoms with van der Waals surface area (Å²) in [4.78, 5) is 11.2. The first-order chi connectivity index (χ1) is 6.70. The summed E-state index contributed by atoms with van der Waals surface area (Å²) in [6.07, 6.45) is 2.87. The van der Waals surface area contributed by atoms with Gasteiger partial charge in [0.2, 0.25) is 5.91 Å². The molecule has 5 nitrogen and oxygen atoms in total. The maximum atomic E-state index is 11.2. The van der Waals surface area contributed by atoms with Gasteiger partial charge >= 0.3 is 0 Å². The van der Waals surface area contributed by atoms with Gasteiger partial charge in [-0.3, -0.25) is 4.79 Å². The van der Waals surface area contributed by atoms with Gasteiger partial charge in [0, 0.05) is 19.0 Å². The number of nitrogens with two attached hydrogens (primary N) is 3. The molecule has 5 heteroatoms. The van der Waals surface area contributed by atoms with Gasteiger partial charge in [-0.15, -0.1) is 0 Å². The maximum Gasteiger partial charge on any atom is 0.221 e. The molecule has 0 saturated heterocycles. The second kappa shape index (κ2) is 8.93. The lowest BCUT2D eigenvalue weighted by atomic mass is 10.1. The fraction of sp³-hybridized carbons (Fsp3) is 0.889. The van der Waals surface area contributed by atoms with E-state index >= 15 is 0 Å². The molecule has 0 rings (SSSR count). The predicted octanol–water partition coefficient (Wildman–Crippen LogP) is -1.09. The van der Waals surface area contributed by atoms with E-state index in [9.17, 15) is 4.79 Å². The molecular weight excluding hydrogens is 180 g/mol. The van der Waals surface area contributed by atoms with Crippen LogP contribution in [-0.4, -0.2) is 31.6 Å². The predicted molar refractivity (Wildman–Crippen MR) is 57.6 cm³/mol. The van der Waals surface area contributed by atoms with Crippen LogP contribution in [0.1, 0.15) is 25.7 Å². The molecule has 0 radical (unpaired) electrons. The van der Waals surface area contributed by atoms with E-state index in [1.54, 1.807) is 0 Å². The minimum absolute atomic E-state index is 0.00275. The van der Waals surface area contributed by atoms with Gasteiger partial charge in [-0.2, -0.15) is 0 Å². The van der Waals surface area contributed by atoms with Gasteiger partial charge in [0.05, 0.1) is 0 Å². The molecule has 0 aromatic rings. The van der Waals surface area contributed by atoms with Gasteiger partial charge in [-0.05, 0) is 32.4 Å². The Labute approximate surface area is 85.4 Å². The summed E-state index contributed by atoms with van der Waals surface area (Å²) in [5.41, 5.74) is 16.4. The Bertz CT molecular complexity index is 152. The number of nitrogens with one attached hydrogen (secondary N) is 1. The van der Waals surface area contributed by atoms with Crippen molar-refractivity contribution in [3.8, 4) is 0 Å². The molecule has 1 atom stereocenters. The third-order valence-electron chi connectivity index (χ3n) is 1.93. The Balaban J connectivity index is 3.40. The van der Waals surface area contributed by atoms with Crippen molar-refractivity contribution in [2.24, 2.45) is 17.2 Å². The summed E-state index contributed by atoms with van der Waals surface area (Å²) in [6.45, 7) is 1.86. The zero-order valence-corrected chi connectivity index (χ0v) is 8.67. The van der Waals surface area contributed by atoms with Crippen LogP contribution in [0.5, 0.6) is 0 Å². The second-order valence-electron chi connectivity index (χ2n) is 3.39. The maximum absolute atomic E-state index is 11.2. The number of amides is 1. The Kier molecular flexibility index (Phi) is 8.51. The van der Waals surface area contributed by atoms with E-state index in [0.29, 0.717) is 26.1 Å². The molecule has 1 amide bonds. The normalized spacial score (nSPS) is 12.5. The van der Waals surface area contributed by atoms with E-state index in [-0.39, 0.29) is 11.9 Å². The van der Waals surface area contributed by atoms with Crippen LogP contribution in [0.3, 0.4) is 0 Å². The SMILES string of the molecule is NCCCNC(=O)CC(N)CCCN. The third kappa shape index (κ3) is 7.97. The molecule has 0 heterocycles. The van der Waals surface area contributed by atoms with Crippen molar-refractivity contribution in [1.82, 2.24) is 5.32 Å². The van der Waals surface area contributed by atoms with Crippen molar-refractivity contribution in [2.45, 2.75) is 31.7 Å². The van der Waals surface area contributed by atoms with Crippen LogP contribution < -0.4 is 22.5 Å². The van der Waals surface area contributed by atoms with E-state index in [0.717, 1.165) is 19.3 Å². The van der Waals surface area contributed by atoms with Gasteiger partial charge in [0.25, 0.3) is 0 Å². The van der Waals surface area contributed by atoms with Crippen LogP contribution in [0, 0.1) is 0 Å². The molecule has 0 fully saturated rings. The largest absolute Gasteiger partial charge is 0.356 e. The van der Waals surface area contributed by atoms with Gasteiger partial charge in [0.1, 0.15) is 0 Å². The summed E-state index contributed by atoms with van der Waals surface area (Å²) >= 11 is 0. The lowest BCUT2D eigenvalue weighted by Gasteiger charge is -2.10. The first-order valence-corrected chi connectivity index (χ1v) is 5.13. The lowest BCUT2D eigenvalue weighted by Crippen LogP contribution is -2.33. The van der Waals surface area contributed by atoms with Crippen molar-refractivity contribution in [2.75, 3.05) is 19.6 Å². The molecule has 14 heavy (non-hydrogen) atoms. The molecule has 0 aromatic carbocycles. The first-order valence-electron chi connectivity index (χ1n) is 5.13. The second-order valence-corrected chi connectivity index (χ2v) is 3.39. The summed E-state index contributed by atoms with van der Waals surface area (Å²) < 4.78 is 0. The fourth-order valence-electron chi connectivity index (χ4n) is 1.12. The topological polar surface area (TPSA) is 107 Å². The number of hydrogen-bond donors (Lipinski definition) is 4. The number of carbonyl (C=O) groups is 1. The molecule has 0 aromatic heterocycles. The van der Waals surface area contributed by atoms with Gasteiger partial charge in [0.15, 0.2) is 0 Å². The number of carbonyl (C=O) groups excluding carboxylic acids is 1. The van der Waals surface area contributed by atoms with E-state index in [4.69, 9.17) is 17.2 Å². The highest BCUT2D eigenvalue weighted by molar-refractivity contribution is 5.76. The highest BCUT2D eigenvalue weighted by atomic mass is 16.1. The lowest BCUT2D eigenvalue weighted by molar-refractivity contribution is -0.121. The average Bonchev–Trinajstić information content (AvgIpc) is 2.15. The molecule has 0 aliphatic heterocycles. The van der Waals surface area contributed by atoms with E-state index in [2.05, 4.69) is 5.32 Å². The average molecular weight is 202 g/mol. The number of rotatable bonds is 8. The van der Waals surface area contributed by atoms with Crippen LogP contribution in [0.25, 0.3) is 0 Å². The van der Waals surface area contributed by atoms with Gasteiger partial charge in [-0.25, -0.2) is 0 Å². The van der Waals surface area contributed by atoms with Crippen LogP contribution in [-0.2, 0) is 4.79 Å². The molecule has 0 aliphatic carbocycles. The molecule has 0 spiro atoms. The Morgan fingerprint density at radius 2 is 1.86 bits per heavy atom. The molecule has 0 aliphatic rings. The summed E-state index contributed by atoms with van der Waals surface area (Å²) in [7, 11) is 0. The van der Waals surface area contributed by atoms with Gasteiger partial charge < -0.3 is 22.5 Å². The first kappa shape index (κ1) is 13.4. The number of hydrogen-bond acceptors (Lipinski definition) is 4. The summed E-state index contributed by atoms with van der Waals surface area (Å²) in [5.74, 6) is 0.00275. The van der Waals surface area contributed by atoms with Crippen molar-refractivity contribution in [3.05, 3.63) is 0 Å². The zero-order valence-electron chi connectivity index (χ0n) is 8.67. The summed E-state index contributed by atoms with van der Waals surface area (Å²) in [6, 6.07) is -0.0728. The Hall–Kier alpha value is -0.650. The fourth-order valence-corrected chi connectivity index (χ4v) is 1.12. The zero-order chi connectivity index (χ0) is 10.8. The van der Waals surface area contributed by atoms with E-state index in [1.165, 1.54) is 0 Å². The molecular formula is C9H22N4O. The van der Waals surface area contributed by atoms with Crippen LogP contribution >= 0.6 is 0 Å². The quantitative estimate of drug-likeness (QED) is 0.375. The smallest absolute Gasteiger partial charge is 0.221 e. The third-order valence-corrected chi connectivity index (χ3v) is 1.93. The molecule has 7 N–H and O–H groups in total. The minimum Gasteiger partial charge on any atom is -0.356 e. The molecule has 0 saturated carbocycles. The monoisotopic (exact) mass is 202 g/mol. The Morgan fingerprint density at radius 1 is 1.21 bits per heavy atom. The molecule has 84 valence electrons. The standard InChI is InChI=1S/C9H22N4O/c10-4-1-3-8(12)7-9(14)13-6-2-5-11/h8H,1-7,10-12H2,(H,13,14). The van der Waals surface area contributed by atoms with Crippen LogP contribution in [0.2, 0.25) is 0 Å². The van der Waals surface area contributed by atoms with Crippen molar-refractivity contribution in [3.63, 3.8) is 0 Å². The Morgan fingerprint density at radius 3 is 2.43 bits per heavy atom. The minimum atomic E-state index is -0.0728. The van der Waals surface area contributed by atoms with Crippen LogP contribution in [0.4, 0.5) is 0 Å². The molecule has 1 unspecified atom stereocenters. The highest BCUT2D eigenvalue weighted by Crippen LogP contribution is 1.97. The molecule has 0 bridgehead atoms.